The van der Waals surface area contributed by atoms with Crippen LogP contribution in [-0.4, -0.2) is 30.4 Å². The van der Waals surface area contributed by atoms with E-state index in [1.807, 2.05) is 18.2 Å². The predicted octanol–water partition coefficient (Wildman–Crippen LogP) is 4.30. The van der Waals surface area contributed by atoms with Crippen LogP contribution in [0.25, 0.3) is 11.1 Å². The van der Waals surface area contributed by atoms with E-state index >= 15 is 0 Å². The smallest absolute Gasteiger partial charge is 0.257 e. The number of thioether (sulfide) groups is 1. The highest BCUT2D eigenvalue weighted by atomic mass is 35.5. The summed E-state index contributed by atoms with van der Waals surface area (Å²) in [6.07, 6.45) is 0. The molecule has 1 N–H and O–H groups in total. The zero-order valence-electron chi connectivity index (χ0n) is 15.1. The van der Waals surface area contributed by atoms with Gasteiger partial charge >= 0.3 is 0 Å². The molecule has 8 heteroatoms. The summed E-state index contributed by atoms with van der Waals surface area (Å²) >= 11 is 7.20. The predicted molar refractivity (Wildman–Crippen MR) is 106 cm³/mol. The van der Waals surface area contributed by atoms with Gasteiger partial charge in [-0.2, -0.15) is 0 Å². The van der Waals surface area contributed by atoms with E-state index in [0.717, 1.165) is 5.56 Å². The van der Waals surface area contributed by atoms with E-state index in [4.69, 9.17) is 25.5 Å². The Hall–Kier alpha value is -2.38. The number of oxazole rings is 1. The van der Waals surface area contributed by atoms with E-state index in [2.05, 4.69) is 10.3 Å². The second kappa shape index (κ2) is 8.54. The lowest BCUT2D eigenvalue weighted by atomic mass is 10.2. The summed E-state index contributed by atoms with van der Waals surface area (Å²) in [7, 11) is 3.16. The molecule has 27 heavy (non-hydrogen) atoms. The van der Waals surface area contributed by atoms with Gasteiger partial charge in [-0.15, -0.1) is 0 Å². The number of nitrogens with zero attached hydrogens (tertiary/aromatic N) is 1. The number of benzene rings is 2. The molecule has 0 aliphatic heterocycles. The van der Waals surface area contributed by atoms with Crippen molar-refractivity contribution in [3.63, 3.8) is 0 Å². The van der Waals surface area contributed by atoms with Gasteiger partial charge in [0.25, 0.3) is 5.22 Å². The average molecular weight is 407 g/mol. The molecule has 0 aliphatic rings. The van der Waals surface area contributed by atoms with Crippen LogP contribution in [-0.2, 0) is 11.3 Å². The highest BCUT2D eigenvalue weighted by Crippen LogP contribution is 2.29. The normalized spacial score (nSPS) is 12.0. The van der Waals surface area contributed by atoms with Crippen molar-refractivity contribution in [2.75, 3.05) is 14.2 Å². The van der Waals surface area contributed by atoms with E-state index in [1.165, 1.54) is 11.8 Å². The highest BCUT2D eigenvalue weighted by Gasteiger charge is 2.18. The second-order valence-electron chi connectivity index (χ2n) is 5.76. The standard InChI is InChI=1S/C19H19ClN2O4S/c1-11(27-19-22-14-6-5-13(20)9-16(14)26-19)18(23)21-10-12-4-7-15(24-2)17(8-12)25-3/h4-9,11H,10H2,1-3H3,(H,21,23)/t11-/m1/s1. The molecule has 0 saturated heterocycles. The number of carbonyl (C=O) groups is 1. The van der Waals surface area contributed by atoms with Crippen LogP contribution < -0.4 is 14.8 Å². The van der Waals surface area contributed by atoms with E-state index < -0.39 is 0 Å². The van der Waals surface area contributed by atoms with Gasteiger partial charge in [-0.05, 0) is 36.8 Å². The zero-order valence-corrected chi connectivity index (χ0v) is 16.7. The Bertz CT molecular complexity index is 960. The second-order valence-corrected chi connectivity index (χ2v) is 7.49. The van der Waals surface area contributed by atoms with Gasteiger partial charge in [0.2, 0.25) is 5.91 Å². The minimum atomic E-state index is -0.367. The zero-order chi connectivity index (χ0) is 19.4. The first-order valence-electron chi connectivity index (χ1n) is 8.21. The minimum Gasteiger partial charge on any atom is -0.493 e. The largest absolute Gasteiger partial charge is 0.493 e. The molecule has 1 heterocycles. The SMILES string of the molecule is COc1ccc(CNC(=O)[C@@H](C)Sc2nc3ccc(Cl)cc3o2)cc1OC. The van der Waals surface area contributed by atoms with Crippen LogP contribution in [0.4, 0.5) is 0 Å². The Kier molecular flexibility index (Phi) is 6.13. The molecule has 6 nitrogen and oxygen atoms in total. The monoisotopic (exact) mass is 406 g/mol. The Balaban J connectivity index is 1.60. The molecule has 1 aromatic heterocycles. The van der Waals surface area contributed by atoms with Gasteiger partial charge in [-0.25, -0.2) is 4.98 Å². The third kappa shape index (κ3) is 4.67. The van der Waals surface area contributed by atoms with Crippen LogP contribution >= 0.6 is 23.4 Å². The maximum atomic E-state index is 12.4. The molecule has 142 valence electrons. The minimum absolute atomic E-state index is 0.116. The number of ether oxygens (including phenoxy) is 2. The fourth-order valence-electron chi connectivity index (χ4n) is 2.46. The maximum Gasteiger partial charge on any atom is 0.257 e. The number of halogens is 1. The van der Waals surface area contributed by atoms with Crippen molar-refractivity contribution in [1.82, 2.24) is 10.3 Å². The van der Waals surface area contributed by atoms with E-state index in [-0.39, 0.29) is 11.2 Å². The number of aromatic nitrogens is 1. The molecule has 0 bridgehead atoms. The number of amides is 1. The molecular formula is C19H19ClN2O4S. The van der Waals surface area contributed by atoms with Crippen molar-refractivity contribution in [3.05, 3.63) is 47.0 Å². The Morgan fingerprint density at radius 2 is 2.00 bits per heavy atom. The lowest BCUT2D eigenvalue weighted by Gasteiger charge is -2.12. The van der Waals surface area contributed by atoms with Crippen LogP contribution in [0, 0.1) is 0 Å². The molecule has 1 amide bonds. The van der Waals surface area contributed by atoms with Crippen molar-refractivity contribution in [2.45, 2.75) is 23.9 Å². The average Bonchev–Trinajstić information content (AvgIpc) is 3.06. The molecule has 3 aromatic rings. The quantitative estimate of drug-likeness (QED) is 0.590. The summed E-state index contributed by atoms with van der Waals surface area (Å²) in [5.74, 6) is 1.15. The number of methoxy groups -OCH3 is 2. The van der Waals surface area contributed by atoms with Crippen molar-refractivity contribution in [3.8, 4) is 11.5 Å². The first-order chi connectivity index (χ1) is 13.0. The number of carbonyl (C=O) groups excluding carboxylic acids is 1. The molecular weight excluding hydrogens is 388 g/mol. The molecule has 0 fully saturated rings. The Labute approximate surface area is 166 Å². The van der Waals surface area contributed by atoms with Crippen molar-refractivity contribution in [1.29, 1.82) is 0 Å². The van der Waals surface area contributed by atoms with Gasteiger partial charge in [0, 0.05) is 17.6 Å². The topological polar surface area (TPSA) is 73.6 Å². The van der Waals surface area contributed by atoms with E-state index in [1.54, 1.807) is 39.3 Å². The van der Waals surface area contributed by atoms with Gasteiger partial charge in [-0.3, -0.25) is 4.79 Å². The van der Waals surface area contributed by atoms with Crippen LogP contribution in [0.15, 0.2) is 46.0 Å². The Morgan fingerprint density at radius 3 is 2.74 bits per heavy atom. The van der Waals surface area contributed by atoms with Crippen LogP contribution in [0.2, 0.25) is 5.02 Å². The number of hydrogen-bond donors (Lipinski definition) is 1. The summed E-state index contributed by atoms with van der Waals surface area (Å²) in [6.45, 7) is 2.18. The summed E-state index contributed by atoms with van der Waals surface area (Å²) in [5.41, 5.74) is 2.22. The van der Waals surface area contributed by atoms with Crippen molar-refractivity contribution in [2.24, 2.45) is 0 Å². The van der Waals surface area contributed by atoms with Crippen LogP contribution in [0.5, 0.6) is 11.5 Å². The molecule has 0 spiro atoms. The van der Waals surface area contributed by atoms with Gasteiger partial charge < -0.3 is 19.2 Å². The molecule has 3 rings (SSSR count). The third-order valence-electron chi connectivity index (χ3n) is 3.89. The van der Waals surface area contributed by atoms with E-state index in [9.17, 15) is 4.79 Å². The summed E-state index contributed by atoms with van der Waals surface area (Å²) in [5, 5.41) is 3.55. The van der Waals surface area contributed by atoms with Crippen molar-refractivity contribution < 1.29 is 18.7 Å². The third-order valence-corrected chi connectivity index (χ3v) is 5.07. The highest BCUT2D eigenvalue weighted by molar-refractivity contribution is 8.00. The molecule has 2 aromatic carbocycles. The van der Waals surface area contributed by atoms with Crippen molar-refractivity contribution >= 4 is 40.4 Å². The van der Waals surface area contributed by atoms with Gasteiger partial charge in [0.05, 0.1) is 19.5 Å². The maximum absolute atomic E-state index is 12.4. The van der Waals surface area contributed by atoms with Gasteiger partial charge in [-0.1, -0.05) is 29.4 Å². The molecule has 0 aliphatic carbocycles. The van der Waals surface area contributed by atoms with Crippen LogP contribution in [0.1, 0.15) is 12.5 Å². The fourth-order valence-corrected chi connectivity index (χ4v) is 3.40. The molecule has 1 atom stereocenters. The fraction of sp³-hybridized carbons (Fsp3) is 0.263. The first-order valence-corrected chi connectivity index (χ1v) is 9.47. The van der Waals surface area contributed by atoms with Crippen LogP contribution in [0.3, 0.4) is 0 Å². The van der Waals surface area contributed by atoms with Gasteiger partial charge in [0.15, 0.2) is 17.1 Å². The van der Waals surface area contributed by atoms with Gasteiger partial charge in [0.1, 0.15) is 5.52 Å². The number of hydrogen-bond acceptors (Lipinski definition) is 6. The lowest BCUT2D eigenvalue weighted by molar-refractivity contribution is -0.120. The summed E-state index contributed by atoms with van der Waals surface area (Å²) < 4.78 is 16.1. The lowest BCUT2D eigenvalue weighted by Crippen LogP contribution is -2.30. The first kappa shape index (κ1) is 19.4. The van der Waals surface area contributed by atoms with E-state index in [0.29, 0.717) is 39.4 Å². The summed E-state index contributed by atoms with van der Waals surface area (Å²) in [6, 6.07) is 10.8. The molecule has 0 unspecified atom stereocenters. The molecule has 0 radical (unpaired) electrons. The Morgan fingerprint density at radius 1 is 1.22 bits per heavy atom. The number of nitrogens with one attached hydrogen (secondary N) is 1. The summed E-state index contributed by atoms with van der Waals surface area (Å²) in [4.78, 5) is 16.8. The number of fused-ring (bicyclic) bond motifs is 1. The number of rotatable bonds is 7. The molecule has 0 saturated carbocycles.